The summed E-state index contributed by atoms with van der Waals surface area (Å²) in [6.07, 6.45) is 2.88. The average molecular weight is 399 g/mol. The summed E-state index contributed by atoms with van der Waals surface area (Å²) in [5.74, 6) is -8.30. The van der Waals surface area contributed by atoms with Crippen LogP contribution in [-0.2, 0) is 45.5 Å². The van der Waals surface area contributed by atoms with Crippen molar-refractivity contribution >= 4 is 35.1 Å². The zero-order chi connectivity index (χ0) is 19.4. The van der Waals surface area contributed by atoms with Gasteiger partial charge in [-0.25, -0.2) is 9.59 Å². The Morgan fingerprint density at radius 3 is 1.12 bits per heavy atom. The van der Waals surface area contributed by atoms with E-state index in [-0.39, 0.29) is 29.6 Å². The van der Waals surface area contributed by atoms with Gasteiger partial charge >= 0.3 is 11.9 Å². The molecule has 0 aliphatic heterocycles. The van der Waals surface area contributed by atoms with Crippen LogP contribution in [0.25, 0.3) is 0 Å². The monoisotopic (exact) mass is 399 g/mol. The minimum atomic E-state index is -1.57. The molecule has 0 saturated carbocycles. The van der Waals surface area contributed by atoms with E-state index in [0.29, 0.717) is 0 Å². The summed E-state index contributed by atoms with van der Waals surface area (Å²) in [7, 11) is 0. The molecule has 0 saturated heterocycles. The van der Waals surface area contributed by atoms with Crippen molar-refractivity contribution in [1.82, 2.24) is 0 Å². The summed E-state index contributed by atoms with van der Waals surface area (Å²) >= 11 is 0. The molecule has 0 aliphatic carbocycles. The standard InChI is InChI=1S/2C8H10O4.Co/c2*1-3-4-6(5(2)9)7(10)8(11)12;/h2*3,6H,1,4H2,2H3,(H,11,12);. The molecule has 0 aromatic carbocycles. The van der Waals surface area contributed by atoms with Crippen LogP contribution in [0.1, 0.15) is 26.7 Å². The van der Waals surface area contributed by atoms with Crippen molar-refractivity contribution in [1.29, 1.82) is 0 Å². The van der Waals surface area contributed by atoms with Crippen LogP contribution in [-0.4, -0.2) is 45.3 Å². The van der Waals surface area contributed by atoms with Gasteiger partial charge in [-0.3, -0.25) is 19.2 Å². The molecule has 2 atom stereocenters. The SMILES string of the molecule is C=CCC(C(C)=O)C(=O)C(=O)O.C=CCC(C(C)=O)C(=O)C(=O)O.[Co]. The minimum absolute atomic E-state index is 0. The maximum absolute atomic E-state index is 10.8. The van der Waals surface area contributed by atoms with Crippen molar-refractivity contribution in [3.63, 3.8) is 0 Å². The van der Waals surface area contributed by atoms with Crippen molar-refractivity contribution in [2.24, 2.45) is 11.8 Å². The van der Waals surface area contributed by atoms with E-state index in [9.17, 15) is 28.8 Å². The van der Waals surface area contributed by atoms with E-state index in [1.54, 1.807) is 0 Å². The predicted octanol–water partition coefficient (Wildman–Crippen LogP) is 0.840. The molecular formula is C16H20CoO8. The van der Waals surface area contributed by atoms with E-state index >= 15 is 0 Å². The average Bonchev–Trinajstić information content (AvgIpc) is 2.48. The Hall–Kier alpha value is -2.39. The summed E-state index contributed by atoms with van der Waals surface area (Å²) in [6, 6.07) is 0. The molecule has 2 unspecified atom stereocenters. The molecule has 0 spiro atoms. The normalized spacial score (nSPS) is 11.3. The molecule has 2 N–H and O–H groups in total. The maximum atomic E-state index is 10.8. The van der Waals surface area contributed by atoms with E-state index in [1.807, 2.05) is 0 Å². The molecular weight excluding hydrogens is 379 g/mol. The number of carbonyl (C=O) groups excluding carboxylic acids is 4. The molecule has 0 bridgehead atoms. The summed E-state index contributed by atoms with van der Waals surface area (Å²) < 4.78 is 0. The zero-order valence-electron chi connectivity index (χ0n) is 13.8. The largest absolute Gasteiger partial charge is 0.475 e. The maximum Gasteiger partial charge on any atom is 0.372 e. The Bertz CT molecular complexity index is 514. The number of Topliss-reactive ketones (excluding diaryl/α,β-unsaturated/α-hetero) is 4. The molecule has 0 rings (SSSR count). The first-order chi connectivity index (χ1) is 11.0. The Morgan fingerprint density at radius 2 is 1.00 bits per heavy atom. The molecule has 141 valence electrons. The number of aliphatic carboxylic acids is 2. The first-order valence-corrected chi connectivity index (χ1v) is 6.78. The quantitative estimate of drug-likeness (QED) is 0.313. The number of rotatable bonds is 10. The second-order valence-corrected chi connectivity index (χ2v) is 4.71. The smallest absolute Gasteiger partial charge is 0.372 e. The Balaban J connectivity index is -0.000000372. The fraction of sp³-hybridized carbons (Fsp3) is 0.375. The third kappa shape index (κ3) is 10.9. The van der Waals surface area contributed by atoms with Gasteiger partial charge in [0.1, 0.15) is 11.6 Å². The van der Waals surface area contributed by atoms with Gasteiger partial charge in [-0.15, -0.1) is 13.2 Å². The summed E-state index contributed by atoms with van der Waals surface area (Å²) in [4.78, 5) is 63.5. The first kappa shape index (κ1) is 27.5. The van der Waals surface area contributed by atoms with E-state index in [1.165, 1.54) is 26.0 Å². The van der Waals surface area contributed by atoms with Gasteiger partial charge in [-0.1, -0.05) is 12.2 Å². The topological polar surface area (TPSA) is 143 Å². The van der Waals surface area contributed by atoms with Gasteiger partial charge in [-0.2, -0.15) is 0 Å². The van der Waals surface area contributed by atoms with Gasteiger partial charge in [0.25, 0.3) is 11.6 Å². The third-order valence-corrected chi connectivity index (χ3v) is 2.84. The summed E-state index contributed by atoms with van der Waals surface area (Å²) in [6.45, 7) is 9.03. The van der Waals surface area contributed by atoms with E-state index in [2.05, 4.69) is 13.2 Å². The van der Waals surface area contributed by atoms with Crippen LogP contribution in [0, 0.1) is 11.8 Å². The number of carboxylic acids is 2. The first-order valence-electron chi connectivity index (χ1n) is 6.78. The molecule has 1 radical (unpaired) electrons. The molecule has 0 aromatic heterocycles. The van der Waals surface area contributed by atoms with E-state index in [4.69, 9.17) is 10.2 Å². The second-order valence-electron chi connectivity index (χ2n) is 4.71. The molecule has 8 nitrogen and oxygen atoms in total. The minimum Gasteiger partial charge on any atom is -0.475 e. The second kappa shape index (κ2) is 14.0. The summed E-state index contributed by atoms with van der Waals surface area (Å²) in [5.41, 5.74) is 0. The van der Waals surface area contributed by atoms with Crippen LogP contribution < -0.4 is 0 Å². The number of ketones is 4. The molecule has 9 heteroatoms. The molecule has 0 heterocycles. The van der Waals surface area contributed by atoms with Crippen LogP contribution in [0.5, 0.6) is 0 Å². The number of carboxylic acid groups (broad SMARTS) is 2. The third-order valence-electron chi connectivity index (χ3n) is 2.84. The van der Waals surface area contributed by atoms with Crippen molar-refractivity contribution in [2.75, 3.05) is 0 Å². The van der Waals surface area contributed by atoms with Crippen molar-refractivity contribution in [2.45, 2.75) is 26.7 Å². The van der Waals surface area contributed by atoms with Crippen LogP contribution in [0.15, 0.2) is 25.3 Å². The van der Waals surface area contributed by atoms with Gasteiger partial charge < -0.3 is 10.2 Å². The summed E-state index contributed by atoms with van der Waals surface area (Å²) in [5, 5.41) is 16.6. The molecule has 0 aromatic rings. The van der Waals surface area contributed by atoms with Gasteiger partial charge in [0.05, 0.1) is 11.8 Å². The van der Waals surface area contributed by atoms with Gasteiger partial charge in [-0.05, 0) is 26.7 Å². The Morgan fingerprint density at radius 1 is 0.760 bits per heavy atom. The van der Waals surface area contributed by atoms with Crippen molar-refractivity contribution < 1.29 is 55.8 Å². The van der Waals surface area contributed by atoms with Crippen LogP contribution in [0.2, 0.25) is 0 Å². The van der Waals surface area contributed by atoms with Crippen molar-refractivity contribution in [3.05, 3.63) is 25.3 Å². The van der Waals surface area contributed by atoms with E-state index in [0.717, 1.165) is 0 Å². The molecule has 25 heavy (non-hydrogen) atoms. The van der Waals surface area contributed by atoms with Crippen LogP contribution in [0.3, 0.4) is 0 Å². The zero-order valence-corrected chi connectivity index (χ0v) is 14.9. The molecule has 0 fully saturated rings. The number of allylic oxidation sites excluding steroid dienone is 2. The predicted molar refractivity (Wildman–Crippen MR) is 83.3 cm³/mol. The fourth-order valence-electron chi connectivity index (χ4n) is 1.55. The Labute approximate surface area is 155 Å². The van der Waals surface area contributed by atoms with Crippen LogP contribution in [0.4, 0.5) is 0 Å². The van der Waals surface area contributed by atoms with E-state index < -0.39 is 46.9 Å². The fourth-order valence-corrected chi connectivity index (χ4v) is 1.55. The number of hydrogen-bond acceptors (Lipinski definition) is 6. The van der Waals surface area contributed by atoms with Crippen LogP contribution >= 0.6 is 0 Å². The number of hydrogen-bond donors (Lipinski definition) is 2. The van der Waals surface area contributed by atoms with Crippen molar-refractivity contribution in [3.8, 4) is 0 Å². The molecule has 0 amide bonds. The Kier molecular flexibility index (Phi) is 15.4. The van der Waals surface area contributed by atoms with Gasteiger partial charge in [0.2, 0.25) is 0 Å². The van der Waals surface area contributed by atoms with Gasteiger partial charge in [0.15, 0.2) is 0 Å². The van der Waals surface area contributed by atoms with Gasteiger partial charge in [0, 0.05) is 16.8 Å². The number of carbonyl (C=O) groups is 6. The molecule has 0 aliphatic rings.